The van der Waals surface area contributed by atoms with Crippen molar-refractivity contribution in [3.05, 3.63) is 82.0 Å². The Morgan fingerprint density at radius 1 is 0.980 bits per heavy atom. The Morgan fingerprint density at radius 2 is 1.70 bits per heavy atom. The van der Waals surface area contributed by atoms with Crippen LogP contribution in [0.25, 0.3) is 22.2 Å². The predicted molar refractivity (Wildman–Crippen MR) is 193 cm³/mol. The maximum atomic E-state index is 14.0. The lowest BCUT2D eigenvalue weighted by Crippen LogP contribution is -2.50. The van der Waals surface area contributed by atoms with Gasteiger partial charge in [0.05, 0.1) is 22.8 Å². The number of anilines is 1. The maximum absolute atomic E-state index is 14.0. The number of nitrogens with two attached hydrogens (primary N) is 2. The molecule has 4 amide bonds. The summed E-state index contributed by atoms with van der Waals surface area (Å²) in [7, 11) is 0. The highest BCUT2D eigenvalue weighted by Gasteiger charge is 2.35. The molecule has 1 saturated heterocycles. The number of imide groups is 1. The molecule has 2 atom stereocenters. The molecule has 3 heterocycles. The van der Waals surface area contributed by atoms with E-state index in [1.54, 1.807) is 30.5 Å². The van der Waals surface area contributed by atoms with Crippen LogP contribution in [0.4, 0.5) is 5.69 Å². The standard InChI is InChI=1S/C36H42N8O5.ClH/c1-20-15-31(33(46)41-29-3-2-14-39-32(29)45)40-19-26(20)23-8-4-21(5-9-23)16-27(38)35(48)44(34(47)24-10-6-22(18-37)7-11-24)25-12-13-28-30(17-25)43-36(49)42-28;/h4-5,8-9,12-13,15,17,19,22,24,27,29H,2-3,6-7,10-11,14,16,18,37-38H2,1H3,(H,39,45)(H,41,46)(H2,42,43,49);1H/t22?,24?,27-,29+;/m0./s1. The van der Waals surface area contributed by atoms with Crippen molar-refractivity contribution in [1.82, 2.24) is 25.6 Å². The number of hydrogen-bond donors (Lipinski definition) is 6. The van der Waals surface area contributed by atoms with Gasteiger partial charge in [-0.2, -0.15) is 0 Å². The Labute approximate surface area is 295 Å². The Hall–Kier alpha value is -4.85. The number of hydrogen-bond acceptors (Lipinski definition) is 8. The van der Waals surface area contributed by atoms with E-state index in [9.17, 15) is 24.0 Å². The average molecular weight is 703 g/mol. The van der Waals surface area contributed by atoms with Crippen LogP contribution in [0.3, 0.4) is 0 Å². The largest absolute Gasteiger partial charge is 0.354 e. The summed E-state index contributed by atoms with van der Waals surface area (Å²) < 4.78 is 0. The lowest BCUT2D eigenvalue weighted by atomic mass is 9.81. The Balaban J connectivity index is 0.00000486. The van der Waals surface area contributed by atoms with Gasteiger partial charge in [0.15, 0.2) is 0 Å². The van der Waals surface area contributed by atoms with E-state index in [2.05, 4.69) is 25.6 Å². The molecule has 6 rings (SSSR count). The highest BCUT2D eigenvalue weighted by atomic mass is 35.5. The first-order valence-electron chi connectivity index (χ1n) is 16.8. The van der Waals surface area contributed by atoms with Crippen molar-refractivity contribution in [1.29, 1.82) is 0 Å². The zero-order valence-electron chi connectivity index (χ0n) is 27.9. The van der Waals surface area contributed by atoms with Gasteiger partial charge in [-0.3, -0.25) is 24.2 Å². The molecule has 2 aromatic carbocycles. The fourth-order valence-electron chi connectivity index (χ4n) is 6.80. The molecular formula is C36H43ClN8O5. The highest BCUT2D eigenvalue weighted by molar-refractivity contribution is 6.17. The molecule has 2 aromatic heterocycles. The van der Waals surface area contributed by atoms with Crippen molar-refractivity contribution < 1.29 is 19.2 Å². The third-order valence-corrected chi connectivity index (χ3v) is 9.70. The third kappa shape index (κ3) is 7.96. The van der Waals surface area contributed by atoms with Crippen molar-refractivity contribution in [2.75, 3.05) is 18.0 Å². The predicted octanol–water partition coefficient (Wildman–Crippen LogP) is 2.85. The fourth-order valence-corrected chi connectivity index (χ4v) is 6.80. The van der Waals surface area contributed by atoms with Crippen LogP contribution in [0.2, 0.25) is 0 Å². The second kappa shape index (κ2) is 15.8. The lowest BCUT2D eigenvalue weighted by molar-refractivity contribution is -0.130. The number of nitrogens with zero attached hydrogens (tertiary/aromatic N) is 2. The minimum atomic E-state index is -1.01. The molecule has 8 N–H and O–H groups in total. The highest BCUT2D eigenvalue weighted by Crippen LogP contribution is 2.32. The molecular weight excluding hydrogens is 660 g/mol. The SMILES string of the molecule is Cc1cc(C(=O)N[C@@H]2CCCNC2=O)ncc1-c1ccc(C[C@H](N)C(=O)N(C(=O)C2CCC(CN)CC2)c2ccc3[nH]c(=O)[nH]c3c2)cc1.Cl. The van der Waals surface area contributed by atoms with Gasteiger partial charge < -0.3 is 32.1 Å². The number of halogens is 1. The molecule has 4 aromatic rings. The van der Waals surface area contributed by atoms with E-state index in [0.29, 0.717) is 55.0 Å². The number of nitrogens with one attached hydrogen (secondary N) is 4. The molecule has 0 radical (unpaired) electrons. The second-order valence-corrected chi connectivity index (χ2v) is 13.1. The summed E-state index contributed by atoms with van der Waals surface area (Å²) in [6.07, 6.45) is 6.14. The molecule has 0 spiro atoms. The van der Waals surface area contributed by atoms with E-state index >= 15 is 0 Å². The molecule has 0 unspecified atom stereocenters. The van der Waals surface area contributed by atoms with E-state index in [-0.39, 0.29) is 47.9 Å². The first-order valence-corrected chi connectivity index (χ1v) is 16.8. The lowest BCUT2D eigenvalue weighted by Gasteiger charge is -2.32. The normalized spacial score (nSPS) is 19.6. The summed E-state index contributed by atoms with van der Waals surface area (Å²) >= 11 is 0. The number of aromatic nitrogens is 3. The summed E-state index contributed by atoms with van der Waals surface area (Å²) in [4.78, 5) is 75.6. The number of H-pyrrole nitrogens is 2. The molecule has 50 heavy (non-hydrogen) atoms. The molecule has 2 fully saturated rings. The van der Waals surface area contributed by atoms with Gasteiger partial charge in [-0.05, 0) is 105 Å². The minimum Gasteiger partial charge on any atom is -0.354 e. The van der Waals surface area contributed by atoms with E-state index in [1.807, 2.05) is 31.2 Å². The summed E-state index contributed by atoms with van der Waals surface area (Å²) in [6.45, 7) is 3.07. The number of carbonyl (C=O) groups excluding carboxylic acids is 4. The number of rotatable bonds is 9. The number of amides is 4. The minimum absolute atomic E-state index is 0. The third-order valence-electron chi connectivity index (χ3n) is 9.70. The summed E-state index contributed by atoms with van der Waals surface area (Å²) in [5.74, 6) is -1.37. The van der Waals surface area contributed by atoms with Crippen LogP contribution in [-0.2, 0) is 20.8 Å². The van der Waals surface area contributed by atoms with Crippen molar-refractivity contribution in [2.45, 2.75) is 64.0 Å². The number of pyridine rings is 1. The number of aryl methyl sites for hydroxylation is 1. The van der Waals surface area contributed by atoms with Gasteiger partial charge in [-0.25, -0.2) is 9.69 Å². The van der Waals surface area contributed by atoms with E-state index < -0.39 is 23.9 Å². The number of carbonyl (C=O) groups is 4. The zero-order valence-corrected chi connectivity index (χ0v) is 28.7. The Bertz CT molecular complexity index is 1930. The van der Waals surface area contributed by atoms with Crippen molar-refractivity contribution in [3.8, 4) is 11.1 Å². The van der Waals surface area contributed by atoms with Crippen LogP contribution < -0.4 is 32.7 Å². The van der Waals surface area contributed by atoms with Crippen LogP contribution in [0.1, 0.15) is 60.1 Å². The summed E-state index contributed by atoms with van der Waals surface area (Å²) in [5, 5.41) is 5.53. The van der Waals surface area contributed by atoms with Crippen molar-refractivity contribution >= 4 is 52.8 Å². The number of piperidine rings is 1. The number of benzene rings is 2. The molecule has 264 valence electrons. The van der Waals surface area contributed by atoms with Crippen molar-refractivity contribution in [2.24, 2.45) is 23.3 Å². The smallest absolute Gasteiger partial charge is 0.323 e. The van der Waals surface area contributed by atoms with Crippen LogP contribution in [0, 0.1) is 18.8 Å². The number of imidazole rings is 1. The first kappa shape index (κ1) is 36.4. The van der Waals surface area contributed by atoms with Crippen molar-refractivity contribution in [3.63, 3.8) is 0 Å². The van der Waals surface area contributed by atoms with Gasteiger partial charge >= 0.3 is 5.69 Å². The molecule has 14 heteroatoms. The van der Waals surface area contributed by atoms with Crippen LogP contribution >= 0.6 is 12.4 Å². The van der Waals surface area contributed by atoms with Crippen LogP contribution in [0.15, 0.2) is 59.5 Å². The van der Waals surface area contributed by atoms with Crippen LogP contribution in [-0.4, -0.2) is 63.8 Å². The quantitative estimate of drug-likeness (QED) is 0.152. The van der Waals surface area contributed by atoms with Gasteiger partial charge in [0.2, 0.25) is 11.8 Å². The molecule has 1 aliphatic carbocycles. The number of aromatic amines is 2. The van der Waals surface area contributed by atoms with E-state index in [4.69, 9.17) is 11.5 Å². The molecule has 0 bridgehead atoms. The van der Waals surface area contributed by atoms with Gasteiger partial charge in [0.1, 0.15) is 11.7 Å². The van der Waals surface area contributed by atoms with E-state index in [0.717, 1.165) is 41.5 Å². The Morgan fingerprint density at radius 3 is 2.38 bits per heavy atom. The van der Waals surface area contributed by atoms with Gasteiger partial charge in [0.25, 0.3) is 11.8 Å². The summed E-state index contributed by atoms with van der Waals surface area (Å²) in [6, 6.07) is 12.6. The first-order chi connectivity index (χ1) is 23.6. The van der Waals surface area contributed by atoms with Gasteiger partial charge in [-0.15, -0.1) is 12.4 Å². The number of fused-ring (bicyclic) bond motifs is 1. The molecule has 1 aliphatic heterocycles. The molecule has 2 aliphatic rings. The average Bonchev–Trinajstić information content (AvgIpc) is 3.49. The summed E-state index contributed by atoms with van der Waals surface area (Å²) in [5.41, 5.74) is 17.0. The fraction of sp³-hybridized carbons (Fsp3) is 0.389. The van der Waals surface area contributed by atoms with Gasteiger partial charge in [0, 0.05) is 24.2 Å². The zero-order chi connectivity index (χ0) is 34.7. The monoisotopic (exact) mass is 702 g/mol. The van der Waals surface area contributed by atoms with E-state index in [1.165, 1.54) is 4.90 Å². The van der Waals surface area contributed by atoms with Crippen LogP contribution in [0.5, 0.6) is 0 Å². The topological polar surface area (TPSA) is 209 Å². The maximum Gasteiger partial charge on any atom is 0.323 e. The Kier molecular flexibility index (Phi) is 11.5. The molecule has 13 nitrogen and oxygen atoms in total. The van der Waals surface area contributed by atoms with Gasteiger partial charge in [-0.1, -0.05) is 24.3 Å². The molecule has 1 saturated carbocycles. The second-order valence-electron chi connectivity index (χ2n) is 13.1.